The van der Waals surface area contributed by atoms with E-state index in [0.29, 0.717) is 18.3 Å². The van der Waals surface area contributed by atoms with Crippen molar-refractivity contribution in [2.75, 3.05) is 26.0 Å². The van der Waals surface area contributed by atoms with Crippen LogP contribution in [0, 0.1) is 18.3 Å². The van der Waals surface area contributed by atoms with Gasteiger partial charge in [-0.15, -0.1) is 0 Å². The zero-order chi connectivity index (χ0) is 13.8. The molecule has 2 aromatic heterocycles. The lowest BCUT2D eigenvalue weighted by atomic mass is 10.2. The second-order valence-corrected chi connectivity index (χ2v) is 4.40. The maximum Gasteiger partial charge on any atom is 0.232 e. The van der Waals surface area contributed by atoms with Gasteiger partial charge in [0.05, 0.1) is 12.3 Å². The molecule has 0 aromatic carbocycles. The van der Waals surface area contributed by atoms with Crippen molar-refractivity contribution in [3.05, 3.63) is 35.7 Å². The molecular formula is C13H16N4O2. The van der Waals surface area contributed by atoms with E-state index < -0.39 is 0 Å². The monoisotopic (exact) mass is 260 g/mol. The maximum atomic E-state index is 8.95. The molecule has 0 bridgehead atoms. The van der Waals surface area contributed by atoms with Crippen molar-refractivity contribution in [1.29, 1.82) is 5.26 Å². The van der Waals surface area contributed by atoms with Gasteiger partial charge in [0.2, 0.25) is 11.6 Å². The molecule has 0 radical (unpaired) electrons. The smallest absolute Gasteiger partial charge is 0.232 e. The first-order valence-electron chi connectivity index (χ1n) is 5.93. The number of nitrogens with one attached hydrogen (secondary N) is 1. The molecule has 0 aliphatic rings. The molecule has 0 amide bonds. The molecule has 0 fully saturated rings. The summed E-state index contributed by atoms with van der Waals surface area (Å²) in [6.45, 7) is 2.27. The Balaban J connectivity index is 2.09. The van der Waals surface area contributed by atoms with E-state index in [2.05, 4.69) is 10.3 Å². The van der Waals surface area contributed by atoms with Crippen molar-refractivity contribution in [2.45, 2.75) is 13.0 Å². The van der Waals surface area contributed by atoms with Crippen LogP contribution in [0.3, 0.4) is 0 Å². The molecule has 1 N–H and O–H groups in total. The van der Waals surface area contributed by atoms with Crippen molar-refractivity contribution in [2.24, 2.45) is 0 Å². The van der Waals surface area contributed by atoms with Gasteiger partial charge in [0.1, 0.15) is 11.8 Å². The number of nitrogens with zero attached hydrogens (tertiary/aromatic N) is 3. The van der Waals surface area contributed by atoms with E-state index in [1.807, 2.05) is 37.2 Å². The normalized spacial score (nSPS) is 12.4. The van der Waals surface area contributed by atoms with Gasteiger partial charge in [-0.3, -0.25) is 4.90 Å². The van der Waals surface area contributed by atoms with Crippen molar-refractivity contribution >= 4 is 5.88 Å². The van der Waals surface area contributed by atoms with E-state index in [1.165, 1.54) is 0 Å². The van der Waals surface area contributed by atoms with Crippen molar-refractivity contribution < 1.29 is 8.83 Å². The van der Waals surface area contributed by atoms with Crippen molar-refractivity contribution in [3.63, 3.8) is 0 Å². The topological polar surface area (TPSA) is 78.2 Å². The van der Waals surface area contributed by atoms with Crippen LogP contribution < -0.4 is 5.32 Å². The highest BCUT2D eigenvalue weighted by Crippen LogP contribution is 2.21. The number of aromatic nitrogens is 1. The number of anilines is 1. The number of rotatable bonds is 5. The summed E-state index contributed by atoms with van der Waals surface area (Å²) in [6, 6.07) is 5.82. The third kappa shape index (κ3) is 2.95. The predicted octanol–water partition coefficient (Wildman–Crippen LogP) is 2.16. The minimum absolute atomic E-state index is 0.0481. The van der Waals surface area contributed by atoms with E-state index in [0.717, 1.165) is 5.76 Å². The maximum absolute atomic E-state index is 8.95. The van der Waals surface area contributed by atoms with Crippen LogP contribution in [0.1, 0.15) is 23.4 Å². The molecule has 0 spiro atoms. The van der Waals surface area contributed by atoms with Gasteiger partial charge in [0, 0.05) is 13.5 Å². The average Bonchev–Trinajstić information content (AvgIpc) is 2.98. The molecule has 0 saturated carbocycles. The highest BCUT2D eigenvalue weighted by Gasteiger charge is 2.18. The number of likely N-dealkylation sites (N-methyl/N-ethyl adjacent to an activating group) is 1. The fourth-order valence-corrected chi connectivity index (χ4v) is 1.83. The average molecular weight is 260 g/mol. The molecule has 0 aliphatic heterocycles. The summed E-state index contributed by atoms with van der Waals surface area (Å²) < 4.78 is 10.8. The third-order valence-electron chi connectivity index (χ3n) is 2.79. The van der Waals surface area contributed by atoms with E-state index >= 15 is 0 Å². The second kappa shape index (κ2) is 5.59. The fraction of sp³-hybridized carbons (Fsp3) is 0.385. The summed E-state index contributed by atoms with van der Waals surface area (Å²) in [5, 5.41) is 12.1. The first-order chi connectivity index (χ1) is 9.11. The van der Waals surface area contributed by atoms with Crippen LogP contribution in [0.15, 0.2) is 27.2 Å². The molecule has 0 aliphatic carbocycles. The van der Waals surface area contributed by atoms with E-state index in [4.69, 9.17) is 14.1 Å². The Morgan fingerprint density at radius 1 is 1.53 bits per heavy atom. The van der Waals surface area contributed by atoms with Gasteiger partial charge in [-0.25, -0.2) is 4.98 Å². The van der Waals surface area contributed by atoms with Gasteiger partial charge >= 0.3 is 0 Å². The van der Waals surface area contributed by atoms with Gasteiger partial charge in [0.25, 0.3) is 0 Å². The molecule has 2 rings (SSSR count). The molecule has 2 aromatic rings. The van der Waals surface area contributed by atoms with Gasteiger partial charge < -0.3 is 14.2 Å². The molecule has 2 heterocycles. The molecule has 0 saturated heterocycles. The Morgan fingerprint density at radius 2 is 2.32 bits per heavy atom. The van der Waals surface area contributed by atoms with Crippen LogP contribution in [0.25, 0.3) is 0 Å². The Morgan fingerprint density at radius 3 is 2.89 bits per heavy atom. The Hall–Kier alpha value is -2.26. The largest absolute Gasteiger partial charge is 0.468 e. The number of oxazole rings is 1. The van der Waals surface area contributed by atoms with Crippen LogP contribution in [0.5, 0.6) is 0 Å². The van der Waals surface area contributed by atoms with Crippen molar-refractivity contribution in [3.8, 4) is 6.07 Å². The predicted molar refractivity (Wildman–Crippen MR) is 69.6 cm³/mol. The molecule has 19 heavy (non-hydrogen) atoms. The van der Waals surface area contributed by atoms with Crippen LogP contribution in [0.4, 0.5) is 5.88 Å². The summed E-state index contributed by atoms with van der Waals surface area (Å²) in [5.74, 6) is 1.73. The van der Waals surface area contributed by atoms with E-state index in [-0.39, 0.29) is 11.7 Å². The van der Waals surface area contributed by atoms with Gasteiger partial charge in [-0.2, -0.15) is 5.26 Å². The van der Waals surface area contributed by atoms with Crippen LogP contribution in [-0.2, 0) is 0 Å². The van der Waals surface area contributed by atoms with Gasteiger partial charge in [-0.05, 0) is 26.2 Å². The summed E-state index contributed by atoms with van der Waals surface area (Å²) in [5.41, 5.74) is 0.273. The van der Waals surface area contributed by atoms with Crippen LogP contribution >= 0.6 is 0 Å². The van der Waals surface area contributed by atoms with Crippen LogP contribution in [-0.4, -0.2) is 30.5 Å². The Bertz CT molecular complexity index is 566. The summed E-state index contributed by atoms with van der Waals surface area (Å²) in [4.78, 5) is 6.02. The number of hydrogen-bond acceptors (Lipinski definition) is 6. The van der Waals surface area contributed by atoms with Crippen LogP contribution in [0.2, 0.25) is 0 Å². The first kappa shape index (κ1) is 13.2. The van der Waals surface area contributed by atoms with Crippen molar-refractivity contribution in [1.82, 2.24) is 9.88 Å². The highest BCUT2D eigenvalue weighted by molar-refractivity contribution is 5.45. The third-order valence-corrected chi connectivity index (χ3v) is 2.79. The summed E-state index contributed by atoms with van der Waals surface area (Å²) in [6.07, 6.45) is 1.64. The summed E-state index contributed by atoms with van der Waals surface area (Å²) in [7, 11) is 3.93. The number of hydrogen-bond donors (Lipinski definition) is 1. The minimum Gasteiger partial charge on any atom is -0.468 e. The minimum atomic E-state index is 0.0481. The molecule has 1 atom stereocenters. The number of nitriles is 1. The standard InChI is InChI=1S/C13H16N4O2/c1-9-16-10(7-14)13(19-9)15-8-11(17(2)3)12-5-4-6-18-12/h4-6,11,15H,8H2,1-3H3/t11-/m1/s1. The lowest BCUT2D eigenvalue weighted by Gasteiger charge is -2.22. The van der Waals surface area contributed by atoms with Gasteiger partial charge in [0.15, 0.2) is 5.89 Å². The molecule has 6 nitrogen and oxygen atoms in total. The SMILES string of the molecule is Cc1nc(C#N)c(NC[C@H](c2ccco2)N(C)C)o1. The van der Waals surface area contributed by atoms with E-state index in [9.17, 15) is 0 Å². The lowest BCUT2D eigenvalue weighted by molar-refractivity contribution is 0.268. The quantitative estimate of drug-likeness (QED) is 0.887. The molecule has 6 heteroatoms. The lowest BCUT2D eigenvalue weighted by Crippen LogP contribution is -2.26. The molecule has 0 unspecified atom stereocenters. The fourth-order valence-electron chi connectivity index (χ4n) is 1.83. The second-order valence-electron chi connectivity index (χ2n) is 4.40. The molecular weight excluding hydrogens is 244 g/mol. The zero-order valence-corrected chi connectivity index (χ0v) is 11.2. The Labute approximate surface area is 111 Å². The Kier molecular flexibility index (Phi) is 3.88. The number of furan rings is 1. The highest BCUT2D eigenvalue weighted by atomic mass is 16.4. The summed E-state index contributed by atoms with van der Waals surface area (Å²) >= 11 is 0. The number of aryl methyl sites for hydroxylation is 1. The van der Waals surface area contributed by atoms with E-state index in [1.54, 1.807) is 13.2 Å². The zero-order valence-electron chi connectivity index (χ0n) is 11.2. The first-order valence-corrected chi connectivity index (χ1v) is 5.93. The molecule has 100 valence electrons. The van der Waals surface area contributed by atoms with Gasteiger partial charge in [-0.1, -0.05) is 0 Å².